The van der Waals surface area contributed by atoms with Crippen LogP contribution >= 0.6 is 15.9 Å². The van der Waals surface area contributed by atoms with E-state index in [-0.39, 0.29) is 11.8 Å². The molecule has 2 rings (SSSR count). The minimum atomic E-state index is -0.549. The highest BCUT2D eigenvalue weighted by Crippen LogP contribution is 2.39. The highest BCUT2D eigenvalue weighted by atomic mass is 79.9. The number of aromatic hydroxyl groups is 1. The summed E-state index contributed by atoms with van der Waals surface area (Å²) in [6, 6.07) is 3.02. The molecule has 0 spiro atoms. The van der Waals surface area contributed by atoms with Crippen molar-refractivity contribution in [1.29, 1.82) is 0 Å². The second kappa shape index (κ2) is 6.87. The lowest BCUT2D eigenvalue weighted by molar-refractivity contribution is 0.150. The van der Waals surface area contributed by atoms with E-state index in [1.54, 1.807) is 6.07 Å². The van der Waals surface area contributed by atoms with Gasteiger partial charge in [-0.1, -0.05) is 29.8 Å². The maximum atomic E-state index is 13.7. The van der Waals surface area contributed by atoms with Crippen molar-refractivity contribution in [2.75, 3.05) is 26.2 Å². The van der Waals surface area contributed by atoms with Crippen molar-refractivity contribution in [3.05, 3.63) is 28.0 Å². The maximum Gasteiger partial charge on any atom is 0.165 e. The number of benzene rings is 1. The second-order valence-electron chi connectivity index (χ2n) is 5.72. The van der Waals surface area contributed by atoms with Crippen molar-refractivity contribution < 1.29 is 9.50 Å². The largest absolute Gasteiger partial charge is 0.505 e. The van der Waals surface area contributed by atoms with Gasteiger partial charge in [0.15, 0.2) is 11.6 Å². The number of phenols is 1. The Balaban J connectivity index is 2.37. The topological polar surface area (TPSA) is 35.5 Å². The molecule has 0 aromatic heterocycles. The van der Waals surface area contributed by atoms with Crippen LogP contribution in [0.1, 0.15) is 31.9 Å². The first-order valence-electron chi connectivity index (χ1n) is 7.12. The summed E-state index contributed by atoms with van der Waals surface area (Å²) in [5.74, 6) is -0.292. The number of piperazine rings is 1. The van der Waals surface area contributed by atoms with Gasteiger partial charge in [-0.2, -0.15) is 0 Å². The Morgan fingerprint density at radius 2 is 2.00 bits per heavy atom. The molecular formula is C15H22BrFN2O. The Labute approximate surface area is 128 Å². The van der Waals surface area contributed by atoms with E-state index in [4.69, 9.17) is 0 Å². The first-order valence-corrected chi connectivity index (χ1v) is 7.91. The van der Waals surface area contributed by atoms with Crippen molar-refractivity contribution >= 4 is 15.9 Å². The van der Waals surface area contributed by atoms with Gasteiger partial charge in [0.25, 0.3) is 0 Å². The maximum absolute atomic E-state index is 13.7. The van der Waals surface area contributed by atoms with E-state index in [1.807, 2.05) is 0 Å². The highest BCUT2D eigenvalue weighted by Gasteiger charge is 2.28. The first-order chi connectivity index (χ1) is 9.50. The van der Waals surface area contributed by atoms with Gasteiger partial charge in [-0.15, -0.1) is 0 Å². The fraction of sp³-hybridized carbons (Fsp3) is 0.600. The van der Waals surface area contributed by atoms with Crippen molar-refractivity contribution in [1.82, 2.24) is 10.2 Å². The fourth-order valence-electron chi connectivity index (χ4n) is 2.76. The Morgan fingerprint density at radius 1 is 1.35 bits per heavy atom. The predicted molar refractivity (Wildman–Crippen MR) is 82.4 cm³/mol. The Kier molecular flexibility index (Phi) is 5.41. The van der Waals surface area contributed by atoms with Crippen molar-refractivity contribution in [2.45, 2.75) is 26.3 Å². The van der Waals surface area contributed by atoms with Crippen LogP contribution in [0, 0.1) is 11.7 Å². The van der Waals surface area contributed by atoms with E-state index < -0.39 is 5.82 Å². The molecule has 1 aromatic carbocycles. The van der Waals surface area contributed by atoms with Gasteiger partial charge in [0, 0.05) is 42.3 Å². The van der Waals surface area contributed by atoms with Crippen LogP contribution in [0.4, 0.5) is 4.39 Å². The molecule has 1 aliphatic rings. The van der Waals surface area contributed by atoms with Crippen LogP contribution in [-0.2, 0) is 0 Å². The summed E-state index contributed by atoms with van der Waals surface area (Å²) in [4.78, 5) is 2.33. The van der Waals surface area contributed by atoms with Gasteiger partial charge in [-0.05, 0) is 24.5 Å². The quantitative estimate of drug-likeness (QED) is 0.879. The zero-order valence-electron chi connectivity index (χ0n) is 12.0. The average Bonchev–Trinajstić information content (AvgIpc) is 2.43. The third kappa shape index (κ3) is 3.51. The number of phenolic OH excluding ortho intramolecular Hbond substituents is 1. The average molecular weight is 345 g/mol. The van der Waals surface area contributed by atoms with E-state index in [1.165, 1.54) is 6.07 Å². The summed E-state index contributed by atoms with van der Waals surface area (Å²) >= 11 is 3.47. The molecule has 0 aliphatic carbocycles. The van der Waals surface area contributed by atoms with Crippen LogP contribution < -0.4 is 5.32 Å². The van der Waals surface area contributed by atoms with Crippen molar-refractivity contribution in [3.8, 4) is 5.75 Å². The zero-order valence-corrected chi connectivity index (χ0v) is 13.6. The molecule has 0 unspecified atom stereocenters. The summed E-state index contributed by atoms with van der Waals surface area (Å²) in [6.07, 6.45) is 0.898. The molecule has 20 heavy (non-hydrogen) atoms. The van der Waals surface area contributed by atoms with Crippen LogP contribution in [0.3, 0.4) is 0 Å². The minimum Gasteiger partial charge on any atom is -0.505 e. The molecule has 0 radical (unpaired) electrons. The van der Waals surface area contributed by atoms with E-state index >= 15 is 0 Å². The molecule has 3 nitrogen and oxygen atoms in total. The number of hydrogen-bond acceptors (Lipinski definition) is 3. The van der Waals surface area contributed by atoms with E-state index in [9.17, 15) is 9.50 Å². The number of halogens is 2. The molecule has 112 valence electrons. The van der Waals surface area contributed by atoms with Crippen molar-refractivity contribution in [2.24, 2.45) is 5.92 Å². The molecule has 1 aliphatic heterocycles. The lowest BCUT2D eigenvalue weighted by Gasteiger charge is -2.36. The van der Waals surface area contributed by atoms with Crippen LogP contribution in [0.15, 0.2) is 16.6 Å². The highest BCUT2D eigenvalue weighted by molar-refractivity contribution is 9.10. The second-order valence-corrected chi connectivity index (χ2v) is 6.58. The SMILES string of the molecule is CC(C)C[C@@H](c1c(Br)ccc(F)c1O)N1CCNCC1. The first kappa shape index (κ1) is 15.7. The standard InChI is InChI=1S/C15H22BrFN2O/c1-10(2)9-13(19-7-5-18-6-8-19)14-11(16)3-4-12(17)15(14)20/h3-4,10,13,18,20H,5-9H2,1-2H3/t13-/m0/s1. The molecule has 1 aromatic rings. The number of rotatable bonds is 4. The van der Waals surface area contributed by atoms with E-state index in [2.05, 4.69) is 40.0 Å². The molecule has 1 saturated heterocycles. The molecule has 2 N–H and O–H groups in total. The van der Waals surface area contributed by atoms with Gasteiger partial charge in [0.05, 0.1) is 0 Å². The third-order valence-corrected chi connectivity index (χ3v) is 4.43. The molecule has 0 saturated carbocycles. The Hall–Kier alpha value is -0.650. The third-order valence-electron chi connectivity index (χ3n) is 3.73. The summed E-state index contributed by atoms with van der Waals surface area (Å²) < 4.78 is 14.5. The molecule has 0 bridgehead atoms. The molecule has 0 amide bonds. The van der Waals surface area contributed by atoms with Gasteiger partial charge in [0.2, 0.25) is 0 Å². The van der Waals surface area contributed by atoms with Gasteiger partial charge < -0.3 is 10.4 Å². The monoisotopic (exact) mass is 344 g/mol. The predicted octanol–water partition coefficient (Wildman–Crippen LogP) is 3.29. The fourth-order valence-corrected chi connectivity index (χ4v) is 3.35. The zero-order chi connectivity index (χ0) is 14.7. The van der Waals surface area contributed by atoms with Crippen LogP contribution in [-0.4, -0.2) is 36.2 Å². The lowest BCUT2D eigenvalue weighted by atomic mass is 9.94. The Morgan fingerprint density at radius 3 is 2.60 bits per heavy atom. The van der Waals surface area contributed by atoms with Crippen LogP contribution in [0.5, 0.6) is 5.75 Å². The Bertz CT molecular complexity index is 461. The minimum absolute atomic E-state index is 0.0437. The summed E-state index contributed by atoms with van der Waals surface area (Å²) in [7, 11) is 0. The number of nitrogens with zero attached hydrogens (tertiary/aromatic N) is 1. The molecule has 5 heteroatoms. The van der Waals surface area contributed by atoms with Gasteiger partial charge >= 0.3 is 0 Å². The smallest absolute Gasteiger partial charge is 0.165 e. The molecule has 1 fully saturated rings. The van der Waals surface area contributed by atoms with Gasteiger partial charge in [-0.3, -0.25) is 4.90 Å². The summed E-state index contributed by atoms with van der Waals surface area (Å²) in [5, 5.41) is 13.5. The van der Waals surface area contributed by atoms with Gasteiger partial charge in [0.1, 0.15) is 0 Å². The molecule has 1 atom stereocenters. The summed E-state index contributed by atoms with van der Waals surface area (Å²) in [6.45, 7) is 8.00. The van der Waals surface area contributed by atoms with Crippen molar-refractivity contribution in [3.63, 3.8) is 0 Å². The number of hydrogen-bond donors (Lipinski definition) is 2. The van der Waals surface area contributed by atoms with Crippen LogP contribution in [0.25, 0.3) is 0 Å². The molecule has 1 heterocycles. The van der Waals surface area contributed by atoms with E-state index in [0.717, 1.165) is 37.1 Å². The number of nitrogens with one attached hydrogen (secondary N) is 1. The van der Waals surface area contributed by atoms with E-state index in [0.29, 0.717) is 11.5 Å². The summed E-state index contributed by atoms with van der Waals surface area (Å²) in [5.41, 5.74) is 0.681. The van der Waals surface area contributed by atoms with Crippen LogP contribution in [0.2, 0.25) is 0 Å². The molecular weight excluding hydrogens is 323 g/mol. The van der Waals surface area contributed by atoms with Gasteiger partial charge in [-0.25, -0.2) is 4.39 Å². The lowest BCUT2D eigenvalue weighted by Crippen LogP contribution is -2.45. The normalized spacial score (nSPS) is 18.4.